The van der Waals surface area contributed by atoms with Crippen LogP contribution >= 0.6 is 7.82 Å². The molecule has 3 unspecified atom stereocenters. The van der Waals surface area contributed by atoms with E-state index in [1.165, 1.54) is 135 Å². The lowest BCUT2D eigenvalue weighted by molar-refractivity contribution is -0.123. The molecule has 0 bridgehead atoms. The number of amides is 1. The van der Waals surface area contributed by atoms with Gasteiger partial charge in [-0.15, -0.1) is 0 Å². The molecule has 1 amide bonds. The highest BCUT2D eigenvalue weighted by molar-refractivity contribution is 7.47. The molecule has 300 valence electrons. The van der Waals surface area contributed by atoms with Gasteiger partial charge < -0.3 is 21.1 Å². The second-order valence-electron chi connectivity index (χ2n) is 14.2. The van der Waals surface area contributed by atoms with E-state index in [9.17, 15) is 19.4 Å². The lowest BCUT2D eigenvalue weighted by Crippen LogP contribution is -2.45. The van der Waals surface area contributed by atoms with Crippen LogP contribution in [0.1, 0.15) is 194 Å². The Morgan fingerprint density at radius 1 is 0.627 bits per heavy atom. The molecule has 0 spiro atoms. The van der Waals surface area contributed by atoms with E-state index in [0.717, 1.165) is 38.5 Å². The molecule has 0 heterocycles. The van der Waals surface area contributed by atoms with Gasteiger partial charge in [-0.05, 0) is 57.8 Å². The van der Waals surface area contributed by atoms with Crippen molar-refractivity contribution in [1.29, 1.82) is 0 Å². The van der Waals surface area contributed by atoms with Crippen molar-refractivity contribution in [3.05, 3.63) is 36.5 Å². The molecule has 51 heavy (non-hydrogen) atoms. The molecule has 0 saturated carbocycles. The number of nitrogens with one attached hydrogen (secondary N) is 1. The van der Waals surface area contributed by atoms with E-state index in [4.69, 9.17) is 14.8 Å². The fourth-order valence-electron chi connectivity index (χ4n) is 5.97. The number of aliphatic hydroxyl groups excluding tert-OH is 1. The Hall–Kier alpha value is -1.28. The zero-order chi connectivity index (χ0) is 37.5. The van der Waals surface area contributed by atoms with E-state index in [-0.39, 0.29) is 25.7 Å². The third-order valence-electron chi connectivity index (χ3n) is 9.19. The molecule has 0 rings (SSSR count). The Labute approximate surface area is 314 Å². The maximum absolute atomic E-state index is 12.7. The van der Waals surface area contributed by atoms with E-state index >= 15 is 0 Å². The Morgan fingerprint density at radius 2 is 1.04 bits per heavy atom. The van der Waals surface area contributed by atoms with Crippen molar-refractivity contribution in [1.82, 2.24) is 5.32 Å². The quantitative estimate of drug-likeness (QED) is 0.0280. The predicted octanol–water partition coefficient (Wildman–Crippen LogP) is 11.6. The zero-order valence-electron chi connectivity index (χ0n) is 33.1. The van der Waals surface area contributed by atoms with Gasteiger partial charge in [-0.3, -0.25) is 13.8 Å². The van der Waals surface area contributed by atoms with Crippen LogP contribution in [0.3, 0.4) is 0 Å². The topological polar surface area (TPSA) is 131 Å². The highest BCUT2D eigenvalue weighted by Crippen LogP contribution is 2.43. The van der Waals surface area contributed by atoms with E-state index in [1.54, 1.807) is 6.08 Å². The van der Waals surface area contributed by atoms with Crippen LogP contribution in [0.25, 0.3) is 0 Å². The Bertz CT molecular complexity index is 897. The smallest absolute Gasteiger partial charge is 0.387 e. The van der Waals surface area contributed by atoms with Gasteiger partial charge in [0.05, 0.1) is 25.4 Å². The van der Waals surface area contributed by atoms with Gasteiger partial charge in [-0.1, -0.05) is 166 Å². The number of carbonyl (C=O) groups is 1. The fraction of sp³-hybridized carbons (Fsp3) is 0.833. The second kappa shape index (κ2) is 38.4. The van der Waals surface area contributed by atoms with E-state index in [0.29, 0.717) is 6.42 Å². The number of unbranched alkanes of at least 4 members (excludes halogenated alkanes) is 23. The first-order valence-electron chi connectivity index (χ1n) is 21.1. The highest BCUT2D eigenvalue weighted by Gasteiger charge is 2.26. The summed E-state index contributed by atoms with van der Waals surface area (Å²) >= 11 is 0. The Kier molecular flexibility index (Phi) is 37.5. The number of hydrogen-bond acceptors (Lipinski definition) is 6. The van der Waals surface area contributed by atoms with Crippen molar-refractivity contribution in [2.45, 2.75) is 206 Å². The minimum Gasteiger partial charge on any atom is -0.387 e. The molecule has 0 radical (unpaired) electrons. The summed E-state index contributed by atoms with van der Waals surface area (Å²) in [6.07, 6.45) is 44.8. The van der Waals surface area contributed by atoms with Gasteiger partial charge in [-0.2, -0.15) is 0 Å². The molecule has 5 N–H and O–H groups in total. The molecule has 3 atom stereocenters. The average Bonchev–Trinajstić information content (AvgIpc) is 3.12. The van der Waals surface area contributed by atoms with Gasteiger partial charge >= 0.3 is 7.82 Å². The molecule has 9 heteroatoms. The van der Waals surface area contributed by atoms with Crippen LogP contribution in [0.2, 0.25) is 0 Å². The van der Waals surface area contributed by atoms with Gasteiger partial charge in [0.1, 0.15) is 0 Å². The molecule has 0 aliphatic heterocycles. The first-order valence-corrected chi connectivity index (χ1v) is 22.6. The van der Waals surface area contributed by atoms with Crippen molar-refractivity contribution in [2.24, 2.45) is 5.73 Å². The molecule has 8 nitrogen and oxygen atoms in total. The van der Waals surface area contributed by atoms with Crippen molar-refractivity contribution in [2.75, 3.05) is 19.8 Å². The van der Waals surface area contributed by atoms with Gasteiger partial charge in [0, 0.05) is 13.0 Å². The molecule has 0 aliphatic rings. The average molecular weight is 741 g/mol. The van der Waals surface area contributed by atoms with E-state index < -0.39 is 20.0 Å². The third-order valence-corrected chi connectivity index (χ3v) is 10.2. The maximum atomic E-state index is 12.7. The molecule has 0 aliphatic carbocycles. The van der Waals surface area contributed by atoms with Crippen LogP contribution in [0.15, 0.2) is 36.5 Å². The monoisotopic (exact) mass is 741 g/mol. The van der Waals surface area contributed by atoms with Crippen LogP contribution in [0, 0.1) is 0 Å². The zero-order valence-corrected chi connectivity index (χ0v) is 34.0. The summed E-state index contributed by atoms with van der Waals surface area (Å²) in [5.41, 5.74) is 5.36. The summed E-state index contributed by atoms with van der Waals surface area (Å²) in [5.74, 6) is -0.209. The lowest BCUT2D eigenvalue weighted by atomic mass is 10.1. The summed E-state index contributed by atoms with van der Waals surface area (Å²) < 4.78 is 22.1. The SMILES string of the molecule is CCCCCCCCC/C=C\CCCCCCCCCC(=O)NC(COP(=O)(O)OCCN)C(O)/C=C/CC/C=C/CCCCCCCCCC. The number of carbonyl (C=O) groups excluding carboxylic acids is 1. The summed E-state index contributed by atoms with van der Waals surface area (Å²) in [5, 5.41) is 13.6. The predicted molar refractivity (Wildman–Crippen MR) is 217 cm³/mol. The number of rotatable bonds is 39. The number of aliphatic hydroxyl groups is 1. The van der Waals surface area contributed by atoms with Crippen LogP contribution in [0.5, 0.6) is 0 Å². The molecule has 0 aromatic rings. The van der Waals surface area contributed by atoms with Crippen molar-refractivity contribution >= 4 is 13.7 Å². The fourth-order valence-corrected chi connectivity index (χ4v) is 6.72. The molecule has 0 saturated heterocycles. The largest absolute Gasteiger partial charge is 0.472 e. The first-order chi connectivity index (χ1) is 24.9. The van der Waals surface area contributed by atoms with Crippen molar-refractivity contribution in [3.63, 3.8) is 0 Å². The number of hydrogen-bond donors (Lipinski definition) is 4. The standard InChI is InChI=1S/C42H81N2O6P/c1-3-5-7-9-11-13-15-17-19-20-21-22-24-26-28-30-32-34-36-42(46)44-40(39-50-51(47,48)49-38-37-43)41(45)35-33-31-29-27-25-23-18-16-14-12-10-8-6-4-2/h19-20,25,27,33,35,40-41,45H,3-18,21-24,26,28-32,34,36-39,43H2,1-2H3,(H,44,46)(H,47,48)/b20-19-,27-25+,35-33+. The highest BCUT2D eigenvalue weighted by atomic mass is 31.2. The second-order valence-corrected chi connectivity index (χ2v) is 15.6. The van der Waals surface area contributed by atoms with Gasteiger partial charge in [-0.25, -0.2) is 4.57 Å². The van der Waals surface area contributed by atoms with Crippen molar-refractivity contribution in [3.8, 4) is 0 Å². The minimum atomic E-state index is -4.34. The van der Waals surface area contributed by atoms with Gasteiger partial charge in [0.15, 0.2) is 0 Å². The number of nitrogens with two attached hydrogens (primary N) is 1. The van der Waals surface area contributed by atoms with E-state index in [2.05, 4.69) is 43.5 Å². The van der Waals surface area contributed by atoms with Crippen LogP contribution in [-0.2, 0) is 18.4 Å². The van der Waals surface area contributed by atoms with Crippen LogP contribution in [-0.4, -0.2) is 47.8 Å². The minimum absolute atomic E-state index is 0.0732. The number of phosphoric ester groups is 1. The normalized spacial score (nSPS) is 14.5. The summed E-state index contributed by atoms with van der Waals surface area (Å²) in [4.78, 5) is 22.7. The van der Waals surface area contributed by atoms with E-state index in [1.807, 2.05) is 6.08 Å². The molecular weight excluding hydrogens is 659 g/mol. The number of allylic oxidation sites excluding steroid dienone is 5. The van der Waals surface area contributed by atoms with Crippen molar-refractivity contribution < 1.29 is 28.4 Å². The maximum Gasteiger partial charge on any atom is 0.472 e. The summed E-state index contributed by atoms with van der Waals surface area (Å²) in [6, 6.07) is -0.877. The number of phosphoric acid groups is 1. The third kappa shape index (κ3) is 36.9. The Morgan fingerprint density at radius 3 is 1.51 bits per heavy atom. The lowest BCUT2D eigenvalue weighted by Gasteiger charge is -2.23. The molecule has 0 aromatic heterocycles. The summed E-state index contributed by atoms with van der Waals surface area (Å²) in [6.45, 7) is 4.10. The van der Waals surface area contributed by atoms with Gasteiger partial charge in [0.2, 0.25) is 5.91 Å². The van der Waals surface area contributed by atoms with Gasteiger partial charge in [0.25, 0.3) is 0 Å². The summed E-state index contributed by atoms with van der Waals surface area (Å²) in [7, 11) is -4.34. The molecular formula is C42H81N2O6P. The molecule has 0 aromatic carbocycles. The van der Waals surface area contributed by atoms with Crippen LogP contribution < -0.4 is 11.1 Å². The Balaban J connectivity index is 4.27. The molecule has 0 fully saturated rings. The first kappa shape index (κ1) is 49.7. The van der Waals surface area contributed by atoms with Crippen LogP contribution in [0.4, 0.5) is 0 Å².